The number of pyridine rings is 1. The van der Waals surface area contributed by atoms with E-state index in [1.165, 1.54) is 5.56 Å². The Morgan fingerprint density at radius 3 is 2.30 bits per heavy atom. The third-order valence-electron chi connectivity index (χ3n) is 5.72. The number of ether oxygens (including phenoxy) is 1. The van der Waals surface area contributed by atoms with Crippen molar-refractivity contribution in [2.24, 2.45) is 5.92 Å². The molecule has 30 heavy (non-hydrogen) atoms. The predicted octanol–water partition coefficient (Wildman–Crippen LogP) is 3.52. The minimum atomic E-state index is -0.0761. The highest BCUT2D eigenvalue weighted by atomic mass is 16.5. The summed E-state index contributed by atoms with van der Waals surface area (Å²) in [7, 11) is 0. The van der Waals surface area contributed by atoms with Gasteiger partial charge in [0.25, 0.3) is 0 Å². The van der Waals surface area contributed by atoms with Gasteiger partial charge in [0.2, 0.25) is 5.91 Å². The van der Waals surface area contributed by atoms with Crippen LogP contribution < -0.4 is 15.5 Å². The smallest absolute Gasteiger partial charge is 0.239 e. The molecule has 150 valence electrons. The number of carbonyl (C=O) groups is 1. The number of nitrogens with zero attached hydrogens (tertiary/aromatic N) is 1. The molecule has 0 spiro atoms. The number of nitrogens with one attached hydrogen (secondary N) is 1. The summed E-state index contributed by atoms with van der Waals surface area (Å²) in [5.41, 5.74) is 2.72. The second kappa shape index (κ2) is 7.67. The van der Waals surface area contributed by atoms with Crippen LogP contribution in [0.2, 0.25) is 0 Å². The number of carbonyl (C=O) groups excluding carboxylic acids is 1. The summed E-state index contributed by atoms with van der Waals surface area (Å²) in [5, 5.41) is 4.31. The number of fused-ring (bicyclic) bond motifs is 3. The Balaban J connectivity index is 1.37. The van der Waals surface area contributed by atoms with E-state index in [1.54, 1.807) is 0 Å². The molecule has 0 bridgehead atoms. The molecule has 1 aromatic heterocycles. The number of hydrogen-bond acceptors (Lipinski definition) is 3. The lowest BCUT2D eigenvalue weighted by molar-refractivity contribution is -0.121. The van der Waals surface area contributed by atoms with Gasteiger partial charge >= 0.3 is 0 Å². The molecule has 1 aliphatic rings. The van der Waals surface area contributed by atoms with Crippen LogP contribution in [0.4, 0.5) is 0 Å². The predicted molar refractivity (Wildman–Crippen MR) is 118 cm³/mol. The Morgan fingerprint density at radius 2 is 1.57 bits per heavy atom. The molecule has 3 aromatic carbocycles. The molecule has 1 aliphatic heterocycles. The fourth-order valence-corrected chi connectivity index (χ4v) is 4.23. The average molecular weight is 398 g/mol. The molecule has 0 saturated heterocycles. The number of aromatic nitrogens is 1. The SMILES string of the molecule is O=C(Cn1c2ccccc2c(=O)c2ccccc21)NCC1COc2ccccc2C1. The fraction of sp³-hybridized carbons (Fsp3) is 0.200. The number of hydrogen-bond donors (Lipinski definition) is 1. The van der Waals surface area contributed by atoms with E-state index in [0.717, 1.165) is 23.2 Å². The van der Waals surface area contributed by atoms with Crippen LogP contribution in [-0.4, -0.2) is 23.6 Å². The maximum Gasteiger partial charge on any atom is 0.239 e. The Morgan fingerprint density at radius 1 is 0.933 bits per heavy atom. The van der Waals surface area contributed by atoms with Crippen LogP contribution in [0, 0.1) is 5.92 Å². The van der Waals surface area contributed by atoms with Crippen molar-refractivity contribution in [1.82, 2.24) is 9.88 Å². The van der Waals surface area contributed by atoms with Gasteiger partial charge in [0.1, 0.15) is 12.3 Å². The topological polar surface area (TPSA) is 60.3 Å². The lowest BCUT2D eigenvalue weighted by Gasteiger charge is -2.25. The summed E-state index contributed by atoms with van der Waals surface area (Å²) in [6.45, 7) is 1.32. The van der Waals surface area contributed by atoms with Crippen LogP contribution in [0.25, 0.3) is 21.8 Å². The Bertz CT molecular complexity index is 1250. The summed E-state index contributed by atoms with van der Waals surface area (Å²) >= 11 is 0. The highest BCUT2D eigenvalue weighted by Crippen LogP contribution is 2.26. The lowest BCUT2D eigenvalue weighted by atomic mass is 9.97. The van der Waals surface area contributed by atoms with Gasteiger partial charge in [-0.25, -0.2) is 0 Å². The van der Waals surface area contributed by atoms with E-state index in [2.05, 4.69) is 11.4 Å². The van der Waals surface area contributed by atoms with Crippen molar-refractivity contribution in [3.8, 4) is 5.75 Å². The zero-order valence-corrected chi connectivity index (χ0v) is 16.5. The molecular formula is C25H22N2O3. The Kier molecular flexibility index (Phi) is 4.71. The summed E-state index contributed by atoms with van der Waals surface area (Å²) in [5.74, 6) is 1.10. The van der Waals surface area contributed by atoms with Crippen molar-refractivity contribution in [3.05, 3.63) is 88.6 Å². The molecule has 1 atom stereocenters. The van der Waals surface area contributed by atoms with Gasteiger partial charge in [-0.2, -0.15) is 0 Å². The van der Waals surface area contributed by atoms with Crippen molar-refractivity contribution >= 4 is 27.7 Å². The van der Waals surface area contributed by atoms with Crippen molar-refractivity contribution in [1.29, 1.82) is 0 Å². The van der Waals surface area contributed by atoms with Gasteiger partial charge in [0.15, 0.2) is 5.43 Å². The third-order valence-corrected chi connectivity index (χ3v) is 5.72. The van der Waals surface area contributed by atoms with Gasteiger partial charge < -0.3 is 14.6 Å². The molecule has 0 fully saturated rings. The second-order valence-corrected chi connectivity index (χ2v) is 7.74. The molecule has 5 heteroatoms. The standard InChI is InChI=1S/C25H22N2O3/c28-24(26-14-17-13-18-7-1-6-12-23(18)30-16-17)15-27-21-10-4-2-8-19(21)25(29)20-9-3-5-11-22(20)27/h1-12,17H,13-16H2,(H,26,28). The normalized spacial score (nSPS) is 15.5. The van der Waals surface area contributed by atoms with Gasteiger partial charge in [0, 0.05) is 23.2 Å². The maximum atomic E-state index is 12.8. The number of rotatable bonds is 4. The average Bonchev–Trinajstić information content (AvgIpc) is 2.80. The molecule has 4 aromatic rings. The third kappa shape index (κ3) is 3.32. The molecule has 0 saturated carbocycles. The molecule has 5 rings (SSSR count). The molecule has 1 amide bonds. The van der Waals surface area contributed by atoms with Crippen LogP contribution in [-0.2, 0) is 17.8 Å². The number of benzene rings is 3. The number of amides is 1. The van der Waals surface area contributed by atoms with E-state index in [4.69, 9.17) is 4.74 Å². The van der Waals surface area contributed by atoms with Crippen LogP contribution in [0.15, 0.2) is 77.6 Å². The first kappa shape index (κ1) is 18.4. The molecule has 1 N–H and O–H groups in total. The molecule has 5 nitrogen and oxygen atoms in total. The summed E-state index contributed by atoms with van der Waals surface area (Å²) in [6.07, 6.45) is 0.889. The second-order valence-electron chi connectivity index (χ2n) is 7.74. The largest absolute Gasteiger partial charge is 0.493 e. The molecule has 2 heterocycles. The zero-order chi connectivity index (χ0) is 20.5. The van der Waals surface area contributed by atoms with E-state index in [9.17, 15) is 9.59 Å². The van der Waals surface area contributed by atoms with Crippen LogP contribution in [0.5, 0.6) is 5.75 Å². The van der Waals surface area contributed by atoms with Gasteiger partial charge in [-0.3, -0.25) is 9.59 Å². The van der Waals surface area contributed by atoms with Crippen LogP contribution in [0.3, 0.4) is 0 Å². The van der Waals surface area contributed by atoms with Crippen LogP contribution >= 0.6 is 0 Å². The van der Waals surface area contributed by atoms with Crippen molar-refractivity contribution in [2.45, 2.75) is 13.0 Å². The monoisotopic (exact) mass is 398 g/mol. The molecular weight excluding hydrogens is 376 g/mol. The molecule has 0 radical (unpaired) electrons. The lowest BCUT2D eigenvalue weighted by Crippen LogP contribution is -2.36. The summed E-state index contributed by atoms with van der Waals surface area (Å²) in [6, 6.07) is 22.9. The zero-order valence-electron chi connectivity index (χ0n) is 16.5. The summed E-state index contributed by atoms with van der Waals surface area (Å²) < 4.78 is 7.75. The minimum absolute atomic E-state index is 0.00382. The highest BCUT2D eigenvalue weighted by Gasteiger charge is 2.20. The van der Waals surface area contributed by atoms with Gasteiger partial charge in [-0.05, 0) is 42.3 Å². The van der Waals surface area contributed by atoms with E-state index < -0.39 is 0 Å². The quantitative estimate of drug-likeness (QED) is 0.535. The number of para-hydroxylation sites is 3. The Labute approximate surface area is 173 Å². The first-order valence-corrected chi connectivity index (χ1v) is 10.2. The van der Waals surface area contributed by atoms with Gasteiger partial charge in [0.05, 0.1) is 17.6 Å². The van der Waals surface area contributed by atoms with Crippen molar-refractivity contribution in [2.75, 3.05) is 13.2 Å². The van der Waals surface area contributed by atoms with Crippen LogP contribution in [0.1, 0.15) is 5.56 Å². The molecule has 1 unspecified atom stereocenters. The van der Waals surface area contributed by atoms with Gasteiger partial charge in [-0.15, -0.1) is 0 Å². The fourth-order valence-electron chi connectivity index (χ4n) is 4.23. The highest BCUT2D eigenvalue weighted by molar-refractivity contribution is 5.94. The molecule has 0 aliphatic carbocycles. The van der Waals surface area contributed by atoms with Crippen molar-refractivity contribution < 1.29 is 9.53 Å². The van der Waals surface area contributed by atoms with Crippen molar-refractivity contribution in [3.63, 3.8) is 0 Å². The summed E-state index contributed by atoms with van der Waals surface area (Å²) in [4.78, 5) is 25.7. The minimum Gasteiger partial charge on any atom is -0.493 e. The van der Waals surface area contributed by atoms with E-state index >= 15 is 0 Å². The van der Waals surface area contributed by atoms with E-state index in [-0.39, 0.29) is 23.8 Å². The maximum absolute atomic E-state index is 12.8. The van der Waals surface area contributed by atoms with E-state index in [1.807, 2.05) is 71.3 Å². The van der Waals surface area contributed by atoms with Gasteiger partial charge in [-0.1, -0.05) is 42.5 Å². The van der Waals surface area contributed by atoms with E-state index in [0.29, 0.717) is 23.9 Å². The first-order chi connectivity index (χ1) is 14.7. The first-order valence-electron chi connectivity index (χ1n) is 10.2. The Hall–Kier alpha value is -3.60.